The number of thiazole rings is 1. The lowest BCUT2D eigenvalue weighted by atomic mass is 10.2. The van der Waals surface area contributed by atoms with E-state index < -0.39 is 0 Å². The summed E-state index contributed by atoms with van der Waals surface area (Å²) in [6.07, 6.45) is 0. The van der Waals surface area contributed by atoms with Crippen LogP contribution in [0.2, 0.25) is 0 Å². The first-order valence-electron chi connectivity index (χ1n) is 10.7. The van der Waals surface area contributed by atoms with Crippen molar-refractivity contribution in [1.82, 2.24) is 9.88 Å². The molecule has 2 aromatic carbocycles. The van der Waals surface area contributed by atoms with E-state index in [1.807, 2.05) is 54.8 Å². The molecule has 8 heteroatoms. The molecule has 1 amide bonds. The van der Waals surface area contributed by atoms with Crippen molar-refractivity contribution < 1.29 is 14.3 Å². The first kappa shape index (κ1) is 22.1. The number of aromatic nitrogens is 1. The Labute approximate surface area is 192 Å². The molecule has 1 aromatic heterocycles. The molecule has 1 N–H and O–H groups in total. The van der Waals surface area contributed by atoms with Crippen LogP contribution in [0.3, 0.4) is 0 Å². The summed E-state index contributed by atoms with van der Waals surface area (Å²) >= 11 is 1.43. The van der Waals surface area contributed by atoms with Gasteiger partial charge in [-0.1, -0.05) is 12.1 Å². The fraction of sp³-hybridized carbons (Fsp3) is 0.333. The first-order valence-corrected chi connectivity index (χ1v) is 11.6. The first-order chi connectivity index (χ1) is 15.7. The van der Waals surface area contributed by atoms with E-state index in [1.165, 1.54) is 11.3 Å². The van der Waals surface area contributed by atoms with Gasteiger partial charge in [-0.2, -0.15) is 0 Å². The number of methoxy groups -OCH3 is 1. The molecule has 32 heavy (non-hydrogen) atoms. The number of rotatable bonds is 8. The number of amides is 1. The van der Waals surface area contributed by atoms with Crippen LogP contribution >= 0.6 is 11.3 Å². The maximum atomic E-state index is 12.6. The Kier molecular flexibility index (Phi) is 7.24. The van der Waals surface area contributed by atoms with Crippen molar-refractivity contribution in [2.45, 2.75) is 6.92 Å². The van der Waals surface area contributed by atoms with Gasteiger partial charge in [0, 0.05) is 37.1 Å². The largest absolute Gasteiger partial charge is 0.497 e. The Hall–Kier alpha value is -3.10. The summed E-state index contributed by atoms with van der Waals surface area (Å²) in [6, 6.07) is 15.9. The van der Waals surface area contributed by atoms with Crippen molar-refractivity contribution in [3.8, 4) is 22.8 Å². The Morgan fingerprint density at radius 2 is 1.84 bits per heavy atom. The summed E-state index contributed by atoms with van der Waals surface area (Å²) < 4.78 is 11.0. The molecule has 2 heterocycles. The third-order valence-corrected chi connectivity index (χ3v) is 6.14. The molecule has 0 saturated carbocycles. The maximum Gasteiger partial charge on any atom is 0.240 e. The zero-order valence-corrected chi connectivity index (χ0v) is 19.2. The number of benzene rings is 2. The average Bonchev–Trinajstić information content (AvgIpc) is 3.28. The minimum absolute atomic E-state index is 0.0382. The minimum atomic E-state index is -0.0382. The van der Waals surface area contributed by atoms with Gasteiger partial charge >= 0.3 is 0 Å². The third-order valence-electron chi connectivity index (χ3n) is 5.38. The lowest BCUT2D eigenvalue weighted by Crippen LogP contribution is -2.48. The molecule has 0 unspecified atom stereocenters. The SMILES string of the molecule is CCOc1ccccc1N1CCN(CC(=O)Nc2nc(-c3ccc(OC)cc3)cs2)CC1. The highest BCUT2D eigenvalue weighted by Crippen LogP contribution is 2.29. The molecule has 1 fully saturated rings. The van der Waals surface area contributed by atoms with Crippen LogP contribution in [-0.2, 0) is 4.79 Å². The maximum absolute atomic E-state index is 12.6. The molecule has 1 aliphatic heterocycles. The minimum Gasteiger partial charge on any atom is -0.497 e. The van der Waals surface area contributed by atoms with Crippen molar-refractivity contribution >= 4 is 28.1 Å². The number of hydrogen-bond donors (Lipinski definition) is 1. The molecule has 0 bridgehead atoms. The Morgan fingerprint density at radius 1 is 1.09 bits per heavy atom. The second-order valence-corrected chi connectivity index (χ2v) is 8.34. The number of piperazine rings is 1. The number of anilines is 2. The van der Waals surface area contributed by atoms with Crippen LogP contribution in [0.4, 0.5) is 10.8 Å². The fourth-order valence-electron chi connectivity index (χ4n) is 3.73. The molecule has 1 aliphatic rings. The van der Waals surface area contributed by atoms with Crippen LogP contribution in [0.1, 0.15) is 6.92 Å². The van der Waals surface area contributed by atoms with Crippen molar-refractivity contribution in [2.24, 2.45) is 0 Å². The van der Waals surface area contributed by atoms with E-state index in [0.29, 0.717) is 18.3 Å². The Bertz CT molecular complexity index is 1030. The van der Waals surface area contributed by atoms with Crippen LogP contribution in [-0.4, -0.2) is 62.2 Å². The molecule has 0 atom stereocenters. The van der Waals surface area contributed by atoms with Crippen molar-refractivity contribution in [3.63, 3.8) is 0 Å². The van der Waals surface area contributed by atoms with E-state index in [4.69, 9.17) is 9.47 Å². The van der Waals surface area contributed by atoms with Crippen LogP contribution in [0.15, 0.2) is 53.9 Å². The van der Waals surface area contributed by atoms with Gasteiger partial charge in [0.1, 0.15) is 11.5 Å². The van der Waals surface area contributed by atoms with Gasteiger partial charge in [-0.25, -0.2) is 4.98 Å². The van der Waals surface area contributed by atoms with Crippen LogP contribution < -0.4 is 19.7 Å². The number of carbonyl (C=O) groups excluding carboxylic acids is 1. The second-order valence-electron chi connectivity index (χ2n) is 7.48. The molecule has 0 aliphatic carbocycles. The zero-order valence-electron chi connectivity index (χ0n) is 18.4. The molecular weight excluding hydrogens is 424 g/mol. The van der Waals surface area contributed by atoms with E-state index in [9.17, 15) is 4.79 Å². The van der Waals surface area contributed by atoms with Crippen LogP contribution in [0.5, 0.6) is 11.5 Å². The molecule has 0 spiro atoms. The van der Waals surface area contributed by atoms with Gasteiger partial charge in [0.2, 0.25) is 5.91 Å². The van der Waals surface area contributed by atoms with Crippen LogP contribution in [0.25, 0.3) is 11.3 Å². The lowest BCUT2D eigenvalue weighted by Gasteiger charge is -2.36. The van der Waals surface area contributed by atoms with Gasteiger partial charge in [0.05, 0.1) is 31.6 Å². The monoisotopic (exact) mass is 452 g/mol. The standard InChI is InChI=1S/C24H28N4O3S/c1-3-31-22-7-5-4-6-21(22)28-14-12-27(13-15-28)16-23(29)26-24-25-20(17-32-24)18-8-10-19(30-2)11-9-18/h4-11,17H,3,12-16H2,1-2H3,(H,25,26,29). The molecule has 7 nitrogen and oxygen atoms in total. The highest BCUT2D eigenvalue weighted by Gasteiger charge is 2.21. The highest BCUT2D eigenvalue weighted by atomic mass is 32.1. The summed E-state index contributed by atoms with van der Waals surface area (Å²) in [5.41, 5.74) is 2.95. The summed E-state index contributed by atoms with van der Waals surface area (Å²) in [7, 11) is 1.64. The third kappa shape index (κ3) is 5.38. The van der Waals surface area contributed by atoms with E-state index >= 15 is 0 Å². The Balaban J connectivity index is 1.28. The predicted molar refractivity (Wildman–Crippen MR) is 129 cm³/mol. The van der Waals surface area contributed by atoms with E-state index in [-0.39, 0.29) is 5.91 Å². The average molecular weight is 453 g/mol. The van der Waals surface area contributed by atoms with Gasteiger partial charge in [-0.3, -0.25) is 9.69 Å². The number of ether oxygens (including phenoxy) is 2. The Morgan fingerprint density at radius 3 is 2.56 bits per heavy atom. The quantitative estimate of drug-likeness (QED) is 0.558. The molecular formula is C24H28N4O3S. The topological polar surface area (TPSA) is 66.9 Å². The number of hydrogen-bond acceptors (Lipinski definition) is 7. The molecule has 0 radical (unpaired) electrons. The number of para-hydroxylation sites is 2. The number of carbonyl (C=O) groups is 1. The molecule has 3 aromatic rings. The predicted octanol–water partition coefficient (Wildman–Crippen LogP) is 3.98. The summed E-state index contributed by atoms with van der Waals surface area (Å²) in [5, 5.41) is 5.51. The van der Waals surface area contributed by atoms with Gasteiger partial charge in [0.25, 0.3) is 0 Å². The fourth-order valence-corrected chi connectivity index (χ4v) is 4.47. The summed E-state index contributed by atoms with van der Waals surface area (Å²) in [5.74, 6) is 1.68. The number of nitrogens with zero attached hydrogens (tertiary/aromatic N) is 3. The second kappa shape index (κ2) is 10.5. The van der Waals surface area contributed by atoms with Crippen LogP contribution in [0, 0.1) is 0 Å². The number of nitrogens with one attached hydrogen (secondary N) is 1. The highest BCUT2D eigenvalue weighted by molar-refractivity contribution is 7.14. The van der Waals surface area contributed by atoms with Gasteiger partial charge in [-0.05, 0) is 43.3 Å². The van der Waals surface area contributed by atoms with Crippen molar-refractivity contribution in [2.75, 3.05) is 56.7 Å². The lowest BCUT2D eigenvalue weighted by molar-refractivity contribution is -0.117. The normalized spacial score (nSPS) is 14.2. The molecule has 1 saturated heterocycles. The van der Waals surface area contributed by atoms with Crippen molar-refractivity contribution in [3.05, 3.63) is 53.9 Å². The van der Waals surface area contributed by atoms with Gasteiger partial charge in [-0.15, -0.1) is 11.3 Å². The van der Waals surface area contributed by atoms with E-state index in [2.05, 4.69) is 26.2 Å². The molecule has 168 valence electrons. The van der Waals surface area contributed by atoms with Gasteiger partial charge in [0.15, 0.2) is 5.13 Å². The molecule has 4 rings (SSSR count). The van der Waals surface area contributed by atoms with Gasteiger partial charge < -0.3 is 19.7 Å². The van der Waals surface area contributed by atoms with E-state index in [1.54, 1.807) is 7.11 Å². The summed E-state index contributed by atoms with van der Waals surface area (Å²) in [4.78, 5) is 21.6. The van der Waals surface area contributed by atoms with E-state index in [0.717, 1.165) is 54.6 Å². The smallest absolute Gasteiger partial charge is 0.240 e. The van der Waals surface area contributed by atoms with Crippen molar-refractivity contribution in [1.29, 1.82) is 0 Å². The zero-order chi connectivity index (χ0) is 22.3. The summed E-state index contributed by atoms with van der Waals surface area (Å²) in [6.45, 7) is 6.36.